The van der Waals surface area contributed by atoms with Gasteiger partial charge < -0.3 is 20.6 Å². The molecule has 0 bridgehead atoms. The number of hydrogen-bond donors (Lipinski definition) is 2. The van der Waals surface area contributed by atoms with Crippen LogP contribution in [0.15, 0.2) is 59.8 Å². The molecular formula is C17H17N3O3. The first-order valence-electron chi connectivity index (χ1n) is 7.23. The molecule has 23 heavy (non-hydrogen) atoms. The highest BCUT2D eigenvalue weighted by Crippen LogP contribution is 2.30. The topological polar surface area (TPSA) is 88.2 Å². The number of hydrogen-bond acceptors (Lipinski definition) is 4. The van der Waals surface area contributed by atoms with Crippen LogP contribution in [-0.4, -0.2) is 30.2 Å². The quantitative estimate of drug-likeness (QED) is 0.392. The summed E-state index contributed by atoms with van der Waals surface area (Å²) in [5, 5.41) is 11.7. The Kier molecular flexibility index (Phi) is 4.25. The Morgan fingerprint density at radius 3 is 2.52 bits per heavy atom. The lowest BCUT2D eigenvalue weighted by Gasteiger charge is -2.35. The maximum atomic E-state index is 12.4. The molecule has 1 saturated heterocycles. The number of oxime groups is 1. The lowest BCUT2D eigenvalue weighted by atomic mass is 10.0. The Hall–Kier alpha value is -2.86. The largest absolute Gasteiger partial charge is 0.409 e. The third-order valence-corrected chi connectivity index (χ3v) is 3.81. The third-order valence-electron chi connectivity index (χ3n) is 3.81. The van der Waals surface area contributed by atoms with Gasteiger partial charge in [-0.05, 0) is 29.8 Å². The minimum absolute atomic E-state index is 0.0319. The molecule has 3 N–H and O–H groups in total. The van der Waals surface area contributed by atoms with Crippen molar-refractivity contribution in [2.75, 3.05) is 18.1 Å². The average molecular weight is 311 g/mol. The van der Waals surface area contributed by atoms with Gasteiger partial charge in [0.25, 0.3) is 5.91 Å². The zero-order valence-electron chi connectivity index (χ0n) is 12.4. The molecule has 1 aliphatic heterocycles. The number of amidine groups is 1. The minimum atomic E-state index is -0.174. The summed E-state index contributed by atoms with van der Waals surface area (Å²) in [4.78, 5) is 14.1. The lowest BCUT2D eigenvalue weighted by molar-refractivity contribution is -0.127. The molecule has 1 atom stereocenters. The molecule has 3 rings (SSSR count). The number of morpholine rings is 1. The summed E-state index contributed by atoms with van der Waals surface area (Å²) in [5.41, 5.74) is 7.93. The molecule has 6 nitrogen and oxygen atoms in total. The molecule has 2 aromatic rings. The van der Waals surface area contributed by atoms with Crippen molar-refractivity contribution in [3.8, 4) is 0 Å². The fourth-order valence-electron chi connectivity index (χ4n) is 2.67. The molecule has 6 heteroatoms. The van der Waals surface area contributed by atoms with E-state index in [1.165, 1.54) is 0 Å². The first-order valence-corrected chi connectivity index (χ1v) is 7.23. The first kappa shape index (κ1) is 15.1. The molecule has 118 valence electrons. The van der Waals surface area contributed by atoms with Crippen molar-refractivity contribution in [2.24, 2.45) is 10.9 Å². The van der Waals surface area contributed by atoms with E-state index in [1.54, 1.807) is 29.2 Å². The van der Waals surface area contributed by atoms with Crippen LogP contribution in [0, 0.1) is 0 Å². The van der Waals surface area contributed by atoms with E-state index in [0.29, 0.717) is 12.2 Å². The number of carbonyl (C=O) groups excluding carboxylic acids is 1. The van der Waals surface area contributed by atoms with Gasteiger partial charge in [-0.1, -0.05) is 35.5 Å². The van der Waals surface area contributed by atoms with Crippen molar-refractivity contribution < 1.29 is 14.7 Å². The molecule has 1 fully saturated rings. The van der Waals surface area contributed by atoms with Crippen molar-refractivity contribution in [1.82, 2.24) is 0 Å². The molecule has 1 aliphatic rings. The number of benzene rings is 2. The summed E-state index contributed by atoms with van der Waals surface area (Å²) in [5.74, 6) is -0.0638. The molecule has 1 amide bonds. The molecular weight excluding hydrogens is 294 g/mol. The Balaban J connectivity index is 1.95. The first-order chi connectivity index (χ1) is 11.2. The molecule has 0 aliphatic carbocycles. The molecule has 0 saturated carbocycles. The van der Waals surface area contributed by atoms with Crippen LogP contribution < -0.4 is 10.6 Å². The van der Waals surface area contributed by atoms with E-state index in [2.05, 4.69) is 5.16 Å². The summed E-state index contributed by atoms with van der Waals surface area (Å²) >= 11 is 0. The summed E-state index contributed by atoms with van der Waals surface area (Å²) in [6.07, 6.45) is 0. The molecule has 2 aromatic carbocycles. The van der Waals surface area contributed by atoms with Crippen molar-refractivity contribution in [1.29, 1.82) is 0 Å². The van der Waals surface area contributed by atoms with Gasteiger partial charge in [0.1, 0.15) is 6.61 Å². The second-order valence-corrected chi connectivity index (χ2v) is 5.24. The fourth-order valence-corrected chi connectivity index (χ4v) is 2.67. The fraction of sp³-hybridized carbons (Fsp3) is 0.176. The Bertz CT molecular complexity index is 714. The SMILES string of the molecule is NC(=NO)c1ccc(N2C(=O)COCC2c2ccccc2)cc1. The number of ether oxygens (including phenoxy) is 1. The van der Waals surface area contributed by atoms with E-state index in [0.717, 1.165) is 11.3 Å². The van der Waals surface area contributed by atoms with Crippen molar-refractivity contribution in [2.45, 2.75) is 6.04 Å². The monoisotopic (exact) mass is 311 g/mol. The number of amides is 1. The van der Waals surface area contributed by atoms with Crippen LogP contribution in [0.25, 0.3) is 0 Å². The smallest absolute Gasteiger partial charge is 0.253 e. The zero-order chi connectivity index (χ0) is 16.2. The van der Waals surface area contributed by atoms with E-state index in [1.807, 2.05) is 30.3 Å². The van der Waals surface area contributed by atoms with Crippen LogP contribution in [0.5, 0.6) is 0 Å². The highest BCUT2D eigenvalue weighted by molar-refractivity contribution is 5.99. The van der Waals surface area contributed by atoms with E-state index in [9.17, 15) is 4.79 Å². The van der Waals surface area contributed by atoms with Gasteiger partial charge in [-0.25, -0.2) is 0 Å². The van der Waals surface area contributed by atoms with Crippen LogP contribution in [0.1, 0.15) is 17.2 Å². The van der Waals surface area contributed by atoms with Crippen LogP contribution in [0.3, 0.4) is 0 Å². The molecule has 0 spiro atoms. The minimum Gasteiger partial charge on any atom is -0.409 e. The maximum absolute atomic E-state index is 12.4. The van der Waals surface area contributed by atoms with E-state index in [4.69, 9.17) is 15.7 Å². The van der Waals surface area contributed by atoms with Gasteiger partial charge in [-0.2, -0.15) is 0 Å². The zero-order valence-corrected chi connectivity index (χ0v) is 12.4. The van der Waals surface area contributed by atoms with E-state index >= 15 is 0 Å². The number of anilines is 1. The van der Waals surface area contributed by atoms with Crippen LogP contribution >= 0.6 is 0 Å². The molecule has 1 heterocycles. The number of carbonyl (C=O) groups is 1. The van der Waals surface area contributed by atoms with Crippen LogP contribution in [-0.2, 0) is 9.53 Å². The van der Waals surface area contributed by atoms with E-state index < -0.39 is 0 Å². The van der Waals surface area contributed by atoms with Gasteiger partial charge in [-0.15, -0.1) is 0 Å². The predicted molar refractivity (Wildman–Crippen MR) is 86.4 cm³/mol. The van der Waals surface area contributed by atoms with Gasteiger partial charge >= 0.3 is 0 Å². The normalized spacial score (nSPS) is 19.0. The maximum Gasteiger partial charge on any atom is 0.253 e. The van der Waals surface area contributed by atoms with Crippen molar-refractivity contribution in [3.63, 3.8) is 0 Å². The van der Waals surface area contributed by atoms with Gasteiger partial charge in [0.05, 0.1) is 12.6 Å². The Labute approximate surface area is 133 Å². The Morgan fingerprint density at radius 1 is 1.17 bits per heavy atom. The molecule has 0 radical (unpaired) electrons. The van der Waals surface area contributed by atoms with Crippen LogP contribution in [0.2, 0.25) is 0 Å². The third kappa shape index (κ3) is 3.02. The standard InChI is InChI=1S/C17H17N3O3/c18-17(19-22)13-6-8-14(9-7-13)20-15(10-23-11-16(20)21)12-4-2-1-3-5-12/h1-9,15,22H,10-11H2,(H2,18,19). The van der Waals surface area contributed by atoms with Gasteiger partial charge in [0, 0.05) is 11.3 Å². The summed E-state index contributed by atoms with van der Waals surface area (Å²) in [6.45, 7) is 0.503. The number of rotatable bonds is 3. The number of nitrogens with two attached hydrogens (primary N) is 1. The summed E-state index contributed by atoms with van der Waals surface area (Å²) in [7, 11) is 0. The summed E-state index contributed by atoms with van der Waals surface area (Å²) in [6, 6.07) is 16.6. The second kappa shape index (κ2) is 6.50. The highest BCUT2D eigenvalue weighted by Gasteiger charge is 2.31. The summed E-state index contributed by atoms with van der Waals surface area (Å²) < 4.78 is 5.42. The second-order valence-electron chi connectivity index (χ2n) is 5.24. The van der Waals surface area contributed by atoms with Crippen molar-refractivity contribution in [3.05, 3.63) is 65.7 Å². The lowest BCUT2D eigenvalue weighted by Crippen LogP contribution is -2.44. The van der Waals surface area contributed by atoms with Gasteiger partial charge in [0.15, 0.2) is 5.84 Å². The Morgan fingerprint density at radius 2 is 1.87 bits per heavy atom. The average Bonchev–Trinajstić information content (AvgIpc) is 2.62. The van der Waals surface area contributed by atoms with Gasteiger partial charge in [0.2, 0.25) is 0 Å². The van der Waals surface area contributed by atoms with Gasteiger partial charge in [-0.3, -0.25) is 4.79 Å². The highest BCUT2D eigenvalue weighted by atomic mass is 16.5. The van der Waals surface area contributed by atoms with E-state index in [-0.39, 0.29) is 24.4 Å². The van der Waals surface area contributed by atoms with Crippen molar-refractivity contribution >= 4 is 17.4 Å². The number of nitrogens with zero attached hydrogens (tertiary/aromatic N) is 2. The molecule has 0 aromatic heterocycles. The molecule has 1 unspecified atom stereocenters. The predicted octanol–water partition coefficient (Wildman–Crippen LogP) is 1.89. The van der Waals surface area contributed by atoms with Crippen LogP contribution in [0.4, 0.5) is 5.69 Å².